The van der Waals surface area contributed by atoms with E-state index in [9.17, 15) is 9.59 Å². The summed E-state index contributed by atoms with van der Waals surface area (Å²) in [6.07, 6.45) is 2.38. The van der Waals surface area contributed by atoms with E-state index in [0.717, 1.165) is 40.8 Å². The summed E-state index contributed by atoms with van der Waals surface area (Å²) in [5, 5.41) is 3.08. The van der Waals surface area contributed by atoms with Crippen molar-refractivity contribution >= 4 is 23.6 Å². The van der Waals surface area contributed by atoms with Crippen LogP contribution in [-0.4, -0.2) is 42.2 Å². The van der Waals surface area contributed by atoms with Crippen molar-refractivity contribution in [1.29, 1.82) is 0 Å². The van der Waals surface area contributed by atoms with Crippen molar-refractivity contribution in [2.45, 2.75) is 51.4 Å². The van der Waals surface area contributed by atoms with Crippen molar-refractivity contribution in [3.05, 3.63) is 101 Å². The van der Waals surface area contributed by atoms with Crippen molar-refractivity contribution in [3.8, 4) is 5.75 Å². The van der Waals surface area contributed by atoms with Gasteiger partial charge in [-0.25, -0.2) is 0 Å². The number of nitrogens with zero attached hydrogens (tertiary/aromatic N) is 1. The van der Waals surface area contributed by atoms with Gasteiger partial charge in [-0.05, 0) is 42.2 Å². The molecule has 0 bridgehead atoms. The highest BCUT2D eigenvalue weighted by Crippen LogP contribution is 2.20. The molecule has 1 N–H and O–H groups in total. The molecule has 0 saturated heterocycles. The molecule has 0 radical (unpaired) electrons. The van der Waals surface area contributed by atoms with Gasteiger partial charge in [-0.2, -0.15) is 0 Å². The Kier molecular flexibility index (Phi) is 11.6. The van der Waals surface area contributed by atoms with E-state index in [-0.39, 0.29) is 11.8 Å². The van der Waals surface area contributed by atoms with Gasteiger partial charge in [0.05, 0.1) is 12.9 Å². The van der Waals surface area contributed by atoms with E-state index >= 15 is 0 Å². The van der Waals surface area contributed by atoms with Crippen LogP contribution in [0.1, 0.15) is 42.0 Å². The van der Waals surface area contributed by atoms with Crippen LogP contribution in [0.25, 0.3) is 0 Å². The molecule has 0 aromatic heterocycles. The van der Waals surface area contributed by atoms with Crippen LogP contribution >= 0.6 is 11.8 Å². The Balaban J connectivity index is 1.81. The van der Waals surface area contributed by atoms with Gasteiger partial charge in [0.2, 0.25) is 11.8 Å². The number of nitrogens with one attached hydrogen (secondary N) is 1. The highest BCUT2D eigenvalue weighted by Gasteiger charge is 2.30. The topological polar surface area (TPSA) is 58.6 Å². The molecule has 0 fully saturated rings. The molecule has 37 heavy (non-hydrogen) atoms. The zero-order valence-corrected chi connectivity index (χ0v) is 22.9. The molecule has 2 amide bonds. The SMILES string of the molecule is CCCCNC(=O)[C@@H](Cc1ccccc1)N(Cc1cccc(C)c1)C(=O)CSCc1ccc(OC)cc1. The fourth-order valence-corrected chi connectivity index (χ4v) is 5.00. The van der Waals surface area contributed by atoms with Gasteiger partial charge in [-0.1, -0.05) is 85.6 Å². The second-order valence-corrected chi connectivity index (χ2v) is 10.2. The minimum absolute atomic E-state index is 0.0356. The molecule has 3 rings (SSSR count). The Morgan fingerprint density at radius 2 is 1.68 bits per heavy atom. The van der Waals surface area contributed by atoms with Crippen LogP contribution in [-0.2, 0) is 28.3 Å². The third-order valence-electron chi connectivity index (χ3n) is 6.19. The number of benzene rings is 3. The lowest BCUT2D eigenvalue weighted by Crippen LogP contribution is -2.51. The number of ether oxygens (including phenoxy) is 1. The van der Waals surface area contributed by atoms with Crippen molar-refractivity contribution in [2.24, 2.45) is 0 Å². The van der Waals surface area contributed by atoms with Gasteiger partial charge >= 0.3 is 0 Å². The summed E-state index contributed by atoms with van der Waals surface area (Å²) in [4.78, 5) is 28.9. The van der Waals surface area contributed by atoms with Crippen molar-refractivity contribution in [3.63, 3.8) is 0 Å². The fourth-order valence-electron chi connectivity index (χ4n) is 4.13. The number of thioether (sulfide) groups is 1. The van der Waals surface area contributed by atoms with Gasteiger partial charge in [-0.3, -0.25) is 9.59 Å². The number of amides is 2. The maximum atomic E-state index is 13.7. The average Bonchev–Trinajstić information content (AvgIpc) is 2.91. The van der Waals surface area contributed by atoms with Crippen LogP contribution < -0.4 is 10.1 Å². The van der Waals surface area contributed by atoms with Crippen LogP contribution in [0.5, 0.6) is 5.75 Å². The van der Waals surface area contributed by atoms with Crippen LogP contribution in [0.3, 0.4) is 0 Å². The highest BCUT2D eigenvalue weighted by atomic mass is 32.2. The molecular weight excluding hydrogens is 480 g/mol. The van der Waals surface area contributed by atoms with E-state index in [1.54, 1.807) is 23.8 Å². The molecule has 0 spiro atoms. The van der Waals surface area contributed by atoms with E-state index < -0.39 is 6.04 Å². The lowest BCUT2D eigenvalue weighted by molar-refractivity contribution is -0.139. The molecule has 0 aliphatic heterocycles. The first-order valence-electron chi connectivity index (χ1n) is 12.9. The Morgan fingerprint density at radius 1 is 0.946 bits per heavy atom. The summed E-state index contributed by atoms with van der Waals surface area (Å²) < 4.78 is 5.24. The van der Waals surface area contributed by atoms with Crippen molar-refractivity contribution in [2.75, 3.05) is 19.4 Å². The molecule has 3 aromatic carbocycles. The summed E-state index contributed by atoms with van der Waals surface area (Å²) in [6, 6.07) is 25.4. The molecule has 0 aliphatic carbocycles. The smallest absolute Gasteiger partial charge is 0.243 e. The fraction of sp³-hybridized carbons (Fsp3) is 0.355. The third-order valence-corrected chi connectivity index (χ3v) is 7.18. The number of aryl methyl sites for hydroxylation is 1. The standard InChI is InChI=1S/C31H38N2O3S/c1-4-5-18-32-31(35)29(20-25-11-7-6-8-12-25)33(21-27-13-9-10-24(2)19-27)30(34)23-37-22-26-14-16-28(36-3)17-15-26/h6-17,19,29H,4-5,18,20-23H2,1-3H3,(H,32,35)/t29-/m1/s1. The minimum Gasteiger partial charge on any atom is -0.497 e. The summed E-state index contributed by atoms with van der Waals surface area (Å²) >= 11 is 1.56. The number of methoxy groups -OCH3 is 1. The van der Waals surface area contributed by atoms with Gasteiger partial charge in [0.25, 0.3) is 0 Å². The first kappa shape index (κ1) is 28.3. The Hall–Kier alpha value is -3.25. The average molecular weight is 519 g/mol. The number of rotatable bonds is 14. The number of unbranched alkanes of at least 4 members (excludes halogenated alkanes) is 1. The molecule has 1 atom stereocenters. The van der Waals surface area contributed by atoms with Gasteiger partial charge in [-0.15, -0.1) is 11.8 Å². The summed E-state index contributed by atoms with van der Waals surface area (Å²) in [7, 11) is 1.65. The van der Waals surface area contributed by atoms with Crippen LogP contribution in [0.2, 0.25) is 0 Å². The quantitative estimate of drug-likeness (QED) is 0.274. The zero-order chi connectivity index (χ0) is 26.5. The predicted octanol–water partition coefficient (Wildman–Crippen LogP) is 5.79. The second kappa shape index (κ2) is 15.1. The maximum absolute atomic E-state index is 13.7. The largest absolute Gasteiger partial charge is 0.497 e. The normalized spacial score (nSPS) is 11.5. The van der Waals surface area contributed by atoms with Crippen LogP contribution in [0, 0.1) is 6.92 Å². The predicted molar refractivity (Wildman–Crippen MR) is 153 cm³/mol. The Labute approximate surface area is 225 Å². The maximum Gasteiger partial charge on any atom is 0.243 e. The molecule has 0 heterocycles. The molecule has 6 heteroatoms. The Morgan fingerprint density at radius 3 is 2.35 bits per heavy atom. The monoisotopic (exact) mass is 518 g/mol. The van der Waals surface area contributed by atoms with Gasteiger partial charge in [0, 0.05) is 25.3 Å². The lowest BCUT2D eigenvalue weighted by atomic mass is 10.0. The van der Waals surface area contributed by atoms with E-state index in [0.29, 0.717) is 31.0 Å². The molecule has 196 valence electrons. The van der Waals surface area contributed by atoms with Crippen LogP contribution in [0.4, 0.5) is 0 Å². The first-order valence-corrected chi connectivity index (χ1v) is 14.0. The number of hydrogen-bond donors (Lipinski definition) is 1. The van der Waals surface area contributed by atoms with Gasteiger partial charge in [0.1, 0.15) is 11.8 Å². The second-order valence-electron chi connectivity index (χ2n) is 9.20. The van der Waals surface area contributed by atoms with E-state index in [2.05, 4.69) is 18.3 Å². The zero-order valence-electron chi connectivity index (χ0n) is 22.1. The summed E-state index contributed by atoms with van der Waals surface area (Å²) in [5.74, 6) is 1.68. The third kappa shape index (κ3) is 9.29. The van der Waals surface area contributed by atoms with E-state index in [4.69, 9.17) is 4.74 Å². The minimum atomic E-state index is -0.589. The molecule has 0 unspecified atom stereocenters. The molecule has 3 aromatic rings. The van der Waals surface area contributed by atoms with Crippen LogP contribution in [0.15, 0.2) is 78.9 Å². The summed E-state index contributed by atoms with van der Waals surface area (Å²) in [6.45, 7) is 5.14. The number of carbonyl (C=O) groups is 2. The molecular formula is C31H38N2O3S. The number of carbonyl (C=O) groups excluding carboxylic acids is 2. The lowest BCUT2D eigenvalue weighted by Gasteiger charge is -2.31. The Bertz CT molecular complexity index is 1120. The van der Waals surface area contributed by atoms with E-state index in [1.807, 2.05) is 79.7 Å². The molecule has 0 aliphatic rings. The number of hydrogen-bond acceptors (Lipinski definition) is 4. The summed E-state index contributed by atoms with van der Waals surface area (Å²) in [5.41, 5.74) is 4.31. The molecule has 5 nitrogen and oxygen atoms in total. The van der Waals surface area contributed by atoms with Gasteiger partial charge < -0.3 is 15.0 Å². The first-order chi connectivity index (χ1) is 18.0. The molecule has 0 saturated carbocycles. The van der Waals surface area contributed by atoms with Crippen molar-refractivity contribution < 1.29 is 14.3 Å². The highest BCUT2D eigenvalue weighted by molar-refractivity contribution is 7.99. The van der Waals surface area contributed by atoms with Crippen molar-refractivity contribution in [1.82, 2.24) is 10.2 Å². The van der Waals surface area contributed by atoms with E-state index in [1.165, 1.54) is 0 Å². The van der Waals surface area contributed by atoms with Gasteiger partial charge in [0.15, 0.2) is 0 Å².